The van der Waals surface area contributed by atoms with Crippen molar-refractivity contribution < 1.29 is 9.90 Å². The molecule has 0 aromatic rings. The number of hydrogen-bond donors (Lipinski definition) is 2. The fourth-order valence-corrected chi connectivity index (χ4v) is 5.26. The van der Waals surface area contributed by atoms with Gasteiger partial charge in [0.15, 0.2) is 0 Å². The number of alkyl halides is 1. The van der Waals surface area contributed by atoms with Crippen molar-refractivity contribution in [1.82, 2.24) is 10.2 Å². The summed E-state index contributed by atoms with van der Waals surface area (Å²) >= 11 is 6.38. The fourth-order valence-electron chi connectivity index (χ4n) is 4.72. The molecule has 4 aliphatic rings. The van der Waals surface area contributed by atoms with Crippen molar-refractivity contribution in [2.45, 2.75) is 88.4 Å². The summed E-state index contributed by atoms with van der Waals surface area (Å²) in [5, 5.41) is 13.5. The second kappa shape index (κ2) is 5.86. The van der Waals surface area contributed by atoms with E-state index >= 15 is 0 Å². The van der Waals surface area contributed by atoms with E-state index < -0.39 is 5.60 Å². The van der Waals surface area contributed by atoms with Crippen LogP contribution in [0.25, 0.3) is 0 Å². The first-order valence-corrected chi connectivity index (χ1v) is 9.14. The van der Waals surface area contributed by atoms with Crippen molar-refractivity contribution >= 4 is 17.6 Å². The number of nitrogens with one attached hydrogen (secondary N) is 1. The molecule has 2 amide bonds. The Kier molecular flexibility index (Phi) is 4.36. The number of fused-ring (bicyclic) bond motifs is 2. The molecule has 126 valence electrons. The van der Waals surface area contributed by atoms with Crippen LogP contribution in [0, 0.1) is 11.8 Å². The summed E-state index contributed by atoms with van der Waals surface area (Å²) in [6, 6.07) is 1.13. The standard InChI is InChI=1S/C17H29ClN2O2/c1-10-6-12-9-13(7-10)20(12)16(21)19-11-4-5-15(18)14(8-11)17(2,3)22/h10-15,22H,4-9H2,1-3H3,(H,19,21)/t10?,11?,12-,13?,14?,15?/m1/s1. The number of halogens is 1. The Hall–Kier alpha value is -0.480. The Balaban J connectivity index is 1.56. The van der Waals surface area contributed by atoms with Crippen LogP contribution in [0.3, 0.4) is 0 Å². The molecule has 2 saturated heterocycles. The lowest BCUT2D eigenvalue weighted by Gasteiger charge is -2.55. The van der Waals surface area contributed by atoms with E-state index in [1.165, 1.54) is 6.42 Å². The zero-order valence-electron chi connectivity index (χ0n) is 13.9. The van der Waals surface area contributed by atoms with Gasteiger partial charge in [-0.1, -0.05) is 6.92 Å². The summed E-state index contributed by atoms with van der Waals surface area (Å²) in [5.41, 5.74) is -0.793. The zero-order chi connectivity index (χ0) is 16.1. The molecule has 4 fully saturated rings. The highest BCUT2D eigenvalue weighted by atomic mass is 35.5. The largest absolute Gasteiger partial charge is 0.390 e. The molecule has 0 aromatic carbocycles. The van der Waals surface area contributed by atoms with Gasteiger partial charge < -0.3 is 15.3 Å². The molecule has 5 unspecified atom stereocenters. The van der Waals surface area contributed by atoms with Crippen molar-refractivity contribution in [1.29, 1.82) is 0 Å². The van der Waals surface area contributed by atoms with Gasteiger partial charge in [-0.25, -0.2) is 4.79 Å². The summed E-state index contributed by atoms with van der Waals surface area (Å²) in [5.74, 6) is 0.781. The molecule has 2 heterocycles. The van der Waals surface area contributed by atoms with Crippen LogP contribution in [-0.4, -0.2) is 45.1 Å². The predicted molar refractivity (Wildman–Crippen MR) is 88.0 cm³/mol. The van der Waals surface area contributed by atoms with Gasteiger partial charge >= 0.3 is 6.03 Å². The normalized spacial score (nSPS) is 41.8. The van der Waals surface area contributed by atoms with Crippen molar-refractivity contribution in [2.75, 3.05) is 0 Å². The van der Waals surface area contributed by atoms with Gasteiger partial charge in [0.1, 0.15) is 0 Å². The van der Waals surface area contributed by atoms with E-state index in [2.05, 4.69) is 17.1 Å². The summed E-state index contributed by atoms with van der Waals surface area (Å²) in [6.07, 6.45) is 5.99. The highest BCUT2D eigenvalue weighted by molar-refractivity contribution is 6.20. The minimum absolute atomic E-state index is 0.00242. The van der Waals surface area contributed by atoms with Crippen LogP contribution in [0.5, 0.6) is 0 Å². The first-order chi connectivity index (χ1) is 10.3. The molecular weight excluding hydrogens is 300 g/mol. The second-order valence-corrected chi connectivity index (χ2v) is 8.82. The van der Waals surface area contributed by atoms with Crippen LogP contribution in [0.4, 0.5) is 4.79 Å². The number of urea groups is 1. The van der Waals surface area contributed by atoms with E-state index in [0.717, 1.165) is 38.0 Å². The summed E-state index contributed by atoms with van der Waals surface area (Å²) in [7, 11) is 0. The molecule has 0 aromatic heterocycles. The maximum Gasteiger partial charge on any atom is 0.318 e. The molecule has 4 rings (SSSR count). The number of amides is 2. The van der Waals surface area contributed by atoms with Crippen LogP contribution in [0.2, 0.25) is 0 Å². The molecule has 0 radical (unpaired) electrons. The van der Waals surface area contributed by atoms with Crippen molar-refractivity contribution in [3.05, 3.63) is 0 Å². The molecule has 2 aliphatic heterocycles. The first kappa shape index (κ1) is 16.4. The van der Waals surface area contributed by atoms with Crippen molar-refractivity contribution in [3.8, 4) is 0 Å². The molecule has 2 aliphatic carbocycles. The molecule has 2 saturated carbocycles. The fraction of sp³-hybridized carbons (Fsp3) is 0.941. The number of rotatable bonds is 2. The summed E-state index contributed by atoms with van der Waals surface area (Å²) in [6.45, 7) is 5.92. The van der Waals surface area contributed by atoms with Gasteiger partial charge in [-0.3, -0.25) is 0 Å². The Bertz CT molecular complexity index is 425. The van der Waals surface area contributed by atoms with Crippen LogP contribution in [0.1, 0.15) is 59.3 Å². The Labute approximate surface area is 138 Å². The van der Waals surface area contributed by atoms with Gasteiger partial charge in [-0.05, 0) is 58.3 Å². The Morgan fingerprint density at radius 1 is 1.18 bits per heavy atom. The van der Waals surface area contributed by atoms with Gasteiger partial charge in [0.25, 0.3) is 0 Å². The third-order valence-electron chi connectivity index (χ3n) is 5.92. The van der Waals surface area contributed by atoms with Crippen LogP contribution in [0.15, 0.2) is 0 Å². The third-order valence-corrected chi connectivity index (χ3v) is 6.44. The highest BCUT2D eigenvalue weighted by Gasteiger charge is 2.47. The maximum atomic E-state index is 12.6. The van der Waals surface area contributed by atoms with Crippen LogP contribution >= 0.6 is 11.6 Å². The lowest BCUT2D eigenvalue weighted by Crippen LogP contribution is -2.66. The lowest BCUT2D eigenvalue weighted by molar-refractivity contribution is -0.0181. The molecule has 2 bridgehead atoms. The number of carbonyl (C=O) groups is 1. The second-order valence-electron chi connectivity index (χ2n) is 8.26. The lowest BCUT2D eigenvalue weighted by atomic mass is 9.74. The van der Waals surface area contributed by atoms with E-state index in [0.29, 0.717) is 12.1 Å². The predicted octanol–water partition coefficient (Wildman–Crippen LogP) is 3.12. The monoisotopic (exact) mass is 328 g/mol. The first-order valence-electron chi connectivity index (χ1n) is 8.71. The molecule has 2 N–H and O–H groups in total. The summed E-state index contributed by atoms with van der Waals surface area (Å²) in [4.78, 5) is 14.6. The number of nitrogens with zero attached hydrogens (tertiary/aromatic N) is 1. The number of carbonyl (C=O) groups excluding carboxylic acids is 1. The molecule has 5 heteroatoms. The van der Waals surface area contributed by atoms with E-state index in [9.17, 15) is 9.90 Å². The zero-order valence-corrected chi connectivity index (χ0v) is 14.6. The van der Waals surface area contributed by atoms with Crippen LogP contribution in [-0.2, 0) is 0 Å². The smallest absolute Gasteiger partial charge is 0.318 e. The van der Waals surface area contributed by atoms with Crippen LogP contribution < -0.4 is 5.32 Å². The molecule has 4 nitrogen and oxygen atoms in total. The van der Waals surface area contributed by atoms with Gasteiger partial charge in [0, 0.05) is 29.4 Å². The average Bonchev–Trinajstić information content (AvgIpc) is 2.39. The minimum atomic E-state index is -0.793. The number of piperidine rings is 1. The number of hydrogen-bond acceptors (Lipinski definition) is 2. The maximum absolute atomic E-state index is 12.6. The number of aliphatic hydroxyl groups is 1. The van der Waals surface area contributed by atoms with E-state index in [4.69, 9.17) is 11.6 Å². The highest BCUT2D eigenvalue weighted by Crippen LogP contribution is 2.41. The van der Waals surface area contributed by atoms with Gasteiger partial charge in [0.05, 0.1) is 5.60 Å². The van der Waals surface area contributed by atoms with Gasteiger partial charge in [-0.2, -0.15) is 0 Å². The minimum Gasteiger partial charge on any atom is -0.390 e. The average molecular weight is 329 g/mol. The van der Waals surface area contributed by atoms with Gasteiger partial charge in [0.2, 0.25) is 0 Å². The topological polar surface area (TPSA) is 52.6 Å². The molecule has 22 heavy (non-hydrogen) atoms. The van der Waals surface area contributed by atoms with Crippen molar-refractivity contribution in [3.63, 3.8) is 0 Å². The molecule has 0 spiro atoms. The van der Waals surface area contributed by atoms with Gasteiger partial charge in [-0.15, -0.1) is 11.6 Å². The molecule has 6 atom stereocenters. The quantitative estimate of drug-likeness (QED) is 0.765. The van der Waals surface area contributed by atoms with E-state index in [1.54, 1.807) is 0 Å². The van der Waals surface area contributed by atoms with E-state index in [-0.39, 0.29) is 23.4 Å². The SMILES string of the molecule is CC1CC2C[C@@H](C1)N2C(=O)NC1CCC(Cl)C(C(C)(C)O)C1. The molecular formula is C17H29ClN2O2. The summed E-state index contributed by atoms with van der Waals surface area (Å²) < 4.78 is 0. The Morgan fingerprint density at radius 3 is 2.41 bits per heavy atom. The third kappa shape index (κ3) is 3.09. The van der Waals surface area contributed by atoms with Crippen molar-refractivity contribution in [2.24, 2.45) is 11.8 Å². The Morgan fingerprint density at radius 2 is 1.82 bits per heavy atom. The van der Waals surface area contributed by atoms with E-state index in [1.807, 2.05) is 13.8 Å².